The Bertz CT molecular complexity index is 279. The van der Waals surface area contributed by atoms with E-state index in [1.54, 1.807) is 11.7 Å². The molecule has 0 fully saturated rings. The maximum absolute atomic E-state index is 5.45. The third-order valence-corrected chi connectivity index (χ3v) is 1.61. The Morgan fingerprint density at radius 1 is 1.75 bits per heavy atom. The van der Waals surface area contributed by atoms with E-state index < -0.39 is 0 Å². The number of hydrogen-bond acceptors (Lipinski definition) is 2. The SMILES string of the molecule is CN=C(N)Nc1cc(C)n(C)n1. The normalized spacial score (nSPS) is 11.8. The minimum atomic E-state index is 0.369. The van der Waals surface area contributed by atoms with Gasteiger partial charge in [-0.1, -0.05) is 0 Å². The molecule has 0 atom stereocenters. The molecule has 12 heavy (non-hydrogen) atoms. The minimum absolute atomic E-state index is 0.369. The summed E-state index contributed by atoms with van der Waals surface area (Å²) in [6.07, 6.45) is 0. The number of nitrogens with two attached hydrogens (primary N) is 1. The fourth-order valence-corrected chi connectivity index (χ4v) is 0.809. The second kappa shape index (κ2) is 3.25. The zero-order valence-corrected chi connectivity index (χ0v) is 7.50. The molecule has 0 aliphatic heterocycles. The highest BCUT2D eigenvalue weighted by Crippen LogP contribution is 2.05. The lowest BCUT2D eigenvalue weighted by molar-refractivity contribution is 0.743. The van der Waals surface area contributed by atoms with Crippen molar-refractivity contribution >= 4 is 11.8 Å². The van der Waals surface area contributed by atoms with Crippen molar-refractivity contribution in [3.05, 3.63) is 11.8 Å². The number of hydrogen-bond donors (Lipinski definition) is 2. The third kappa shape index (κ3) is 1.75. The van der Waals surface area contributed by atoms with Crippen LogP contribution in [0.3, 0.4) is 0 Å². The lowest BCUT2D eigenvalue weighted by Gasteiger charge is -1.98. The van der Waals surface area contributed by atoms with Gasteiger partial charge in [-0.05, 0) is 6.92 Å². The third-order valence-electron chi connectivity index (χ3n) is 1.61. The highest BCUT2D eigenvalue weighted by Gasteiger charge is 2.00. The first-order chi connectivity index (χ1) is 5.63. The topological polar surface area (TPSA) is 68.2 Å². The molecular weight excluding hydrogens is 154 g/mol. The van der Waals surface area contributed by atoms with E-state index in [-0.39, 0.29) is 0 Å². The second-order valence-corrected chi connectivity index (χ2v) is 2.53. The first-order valence-corrected chi connectivity index (χ1v) is 3.63. The van der Waals surface area contributed by atoms with Crippen LogP contribution in [0.5, 0.6) is 0 Å². The molecule has 0 saturated heterocycles. The summed E-state index contributed by atoms with van der Waals surface area (Å²) in [5.41, 5.74) is 6.52. The van der Waals surface area contributed by atoms with Crippen molar-refractivity contribution in [2.75, 3.05) is 12.4 Å². The van der Waals surface area contributed by atoms with Gasteiger partial charge in [0.1, 0.15) is 0 Å². The molecule has 1 aromatic heterocycles. The number of nitrogens with zero attached hydrogens (tertiary/aromatic N) is 3. The van der Waals surface area contributed by atoms with Crippen molar-refractivity contribution in [3.63, 3.8) is 0 Å². The van der Waals surface area contributed by atoms with Crippen LogP contribution in [-0.4, -0.2) is 22.8 Å². The molecule has 1 aromatic rings. The monoisotopic (exact) mass is 167 g/mol. The molecule has 0 radical (unpaired) electrons. The van der Waals surface area contributed by atoms with E-state index in [1.165, 1.54) is 0 Å². The fraction of sp³-hybridized carbons (Fsp3) is 0.429. The quantitative estimate of drug-likeness (QED) is 0.460. The molecule has 1 heterocycles. The number of guanidine groups is 1. The van der Waals surface area contributed by atoms with Crippen LogP contribution < -0.4 is 11.1 Å². The van der Waals surface area contributed by atoms with Gasteiger partial charge in [0.2, 0.25) is 0 Å². The standard InChI is InChI=1S/C7H13N5/c1-5-4-6(11-12(5)3)10-7(8)9-2/h4H,1-3H3,(H3,8,9,10,11). The van der Waals surface area contributed by atoms with Crippen molar-refractivity contribution in [3.8, 4) is 0 Å². The predicted octanol–water partition coefficient (Wildman–Crippen LogP) is 0.0849. The van der Waals surface area contributed by atoms with E-state index in [0.717, 1.165) is 11.5 Å². The van der Waals surface area contributed by atoms with Gasteiger partial charge in [-0.2, -0.15) is 5.10 Å². The largest absolute Gasteiger partial charge is 0.370 e. The summed E-state index contributed by atoms with van der Waals surface area (Å²) >= 11 is 0. The number of nitrogens with one attached hydrogen (secondary N) is 1. The molecule has 1 rings (SSSR count). The molecule has 0 aliphatic rings. The Hall–Kier alpha value is -1.52. The lowest BCUT2D eigenvalue weighted by atomic mass is 10.5. The second-order valence-electron chi connectivity index (χ2n) is 2.53. The van der Waals surface area contributed by atoms with Crippen molar-refractivity contribution in [1.29, 1.82) is 0 Å². The van der Waals surface area contributed by atoms with Gasteiger partial charge < -0.3 is 11.1 Å². The number of anilines is 1. The zero-order chi connectivity index (χ0) is 9.14. The molecule has 0 unspecified atom stereocenters. The van der Waals surface area contributed by atoms with Crippen molar-refractivity contribution in [2.45, 2.75) is 6.92 Å². The smallest absolute Gasteiger partial charge is 0.194 e. The Morgan fingerprint density at radius 3 is 2.83 bits per heavy atom. The van der Waals surface area contributed by atoms with Crippen LogP contribution >= 0.6 is 0 Å². The van der Waals surface area contributed by atoms with Crippen molar-refractivity contribution in [1.82, 2.24) is 9.78 Å². The Kier molecular flexibility index (Phi) is 2.32. The number of rotatable bonds is 1. The molecule has 0 aliphatic carbocycles. The average Bonchev–Trinajstić information content (AvgIpc) is 2.31. The predicted molar refractivity (Wildman–Crippen MR) is 49.1 cm³/mol. The van der Waals surface area contributed by atoms with E-state index in [2.05, 4.69) is 15.4 Å². The van der Waals surface area contributed by atoms with Crippen molar-refractivity contribution in [2.24, 2.45) is 17.8 Å². The van der Waals surface area contributed by atoms with Gasteiger partial charge in [0.25, 0.3) is 0 Å². The van der Waals surface area contributed by atoms with E-state index in [9.17, 15) is 0 Å². The average molecular weight is 167 g/mol. The van der Waals surface area contributed by atoms with Crippen molar-refractivity contribution < 1.29 is 0 Å². The summed E-state index contributed by atoms with van der Waals surface area (Å²) in [5.74, 6) is 1.09. The van der Waals surface area contributed by atoms with E-state index in [1.807, 2.05) is 20.0 Å². The van der Waals surface area contributed by atoms with Gasteiger partial charge in [0.05, 0.1) is 0 Å². The number of aromatic nitrogens is 2. The summed E-state index contributed by atoms with van der Waals surface area (Å²) in [6.45, 7) is 1.97. The first kappa shape index (κ1) is 8.58. The minimum Gasteiger partial charge on any atom is -0.370 e. The van der Waals surface area contributed by atoms with Gasteiger partial charge in [-0.15, -0.1) is 0 Å². The van der Waals surface area contributed by atoms with Crippen LogP contribution in [0.2, 0.25) is 0 Å². The van der Waals surface area contributed by atoms with E-state index in [0.29, 0.717) is 5.96 Å². The molecule has 5 heteroatoms. The van der Waals surface area contributed by atoms with Crippen LogP contribution in [0.15, 0.2) is 11.1 Å². The lowest BCUT2D eigenvalue weighted by Crippen LogP contribution is -2.22. The van der Waals surface area contributed by atoms with Crippen LogP contribution in [0, 0.1) is 6.92 Å². The van der Waals surface area contributed by atoms with Gasteiger partial charge >= 0.3 is 0 Å². The van der Waals surface area contributed by atoms with Gasteiger partial charge in [0, 0.05) is 25.9 Å². The summed E-state index contributed by atoms with van der Waals surface area (Å²) in [6, 6.07) is 1.90. The summed E-state index contributed by atoms with van der Waals surface area (Å²) in [7, 11) is 3.50. The molecule has 0 saturated carbocycles. The Labute approximate surface area is 71.3 Å². The van der Waals surface area contributed by atoms with Gasteiger partial charge in [-0.25, -0.2) is 0 Å². The van der Waals surface area contributed by atoms with Crippen LogP contribution in [0.1, 0.15) is 5.69 Å². The molecule has 0 bridgehead atoms. The summed E-state index contributed by atoms with van der Waals surface area (Å²) in [4.78, 5) is 3.76. The number of aryl methyl sites for hydroxylation is 2. The molecule has 0 spiro atoms. The Balaban J connectivity index is 2.77. The van der Waals surface area contributed by atoms with Crippen LogP contribution in [0.4, 0.5) is 5.82 Å². The summed E-state index contributed by atoms with van der Waals surface area (Å²) < 4.78 is 1.77. The highest BCUT2D eigenvalue weighted by molar-refractivity contribution is 5.91. The maximum atomic E-state index is 5.45. The maximum Gasteiger partial charge on any atom is 0.194 e. The van der Waals surface area contributed by atoms with Crippen LogP contribution in [-0.2, 0) is 7.05 Å². The summed E-state index contributed by atoms with van der Waals surface area (Å²) in [5, 5.41) is 6.99. The molecular formula is C7H13N5. The molecule has 0 aromatic carbocycles. The highest BCUT2D eigenvalue weighted by atomic mass is 15.3. The zero-order valence-electron chi connectivity index (χ0n) is 7.50. The number of aliphatic imine (C=N–C) groups is 1. The van der Waals surface area contributed by atoms with Crippen LogP contribution in [0.25, 0.3) is 0 Å². The molecule has 5 nitrogen and oxygen atoms in total. The molecule has 0 amide bonds. The van der Waals surface area contributed by atoms with E-state index in [4.69, 9.17) is 5.73 Å². The van der Waals surface area contributed by atoms with Gasteiger partial charge in [0.15, 0.2) is 11.8 Å². The van der Waals surface area contributed by atoms with E-state index >= 15 is 0 Å². The first-order valence-electron chi connectivity index (χ1n) is 3.63. The van der Waals surface area contributed by atoms with Gasteiger partial charge in [-0.3, -0.25) is 9.67 Å². The Morgan fingerprint density at radius 2 is 2.42 bits per heavy atom. The molecule has 66 valence electrons. The molecule has 3 N–H and O–H groups in total. The fourth-order valence-electron chi connectivity index (χ4n) is 0.809.